The maximum Gasteiger partial charge on any atom is 0.255 e. The predicted octanol–water partition coefficient (Wildman–Crippen LogP) is 1.90. The van der Waals surface area contributed by atoms with Gasteiger partial charge in [-0.05, 0) is 42.2 Å². The van der Waals surface area contributed by atoms with Crippen molar-refractivity contribution in [1.29, 1.82) is 0 Å². The minimum atomic E-state index is -0.644. The summed E-state index contributed by atoms with van der Waals surface area (Å²) in [4.78, 5) is 24.6. The lowest BCUT2D eigenvalue weighted by molar-refractivity contribution is -0.120. The van der Waals surface area contributed by atoms with Gasteiger partial charge in [-0.25, -0.2) is 8.78 Å². The number of ether oxygens (including phenoxy) is 1. The summed E-state index contributed by atoms with van der Waals surface area (Å²) in [6.07, 6.45) is 1.32. The van der Waals surface area contributed by atoms with Crippen molar-refractivity contribution in [1.82, 2.24) is 5.32 Å². The van der Waals surface area contributed by atoms with E-state index in [1.165, 1.54) is 6.07 Å². The van der Waals surface area contributed by atoms with Crippen LogP contribution in [0.15, 0.2) is 36.4 Å². The van der Waals surface area contributed by atoms with Gasteiger partial charge >= 0.3 is 0 Å². The SMILES string of the molecule is NC(=O)COc1ccc(CNC(=O)CN2CCCc3cc(F)cc(F)c32)cc1. The topological polar surface area (TPSA) is 84.7 Å². The lowest BCUT2D eigenvalue weighted by Gasteiger charge is -2.31. The first-order chi connectivity index (χ1) is 13.4. The van der Waals surface area contributed by atoms with Crippen LogP contribution < -0.4 is 20.7 Å². The van der Waals surface area contributed by atoms with E-state index in [0.717, 1.165) is 18.1 Å². The Morgan fingerprint density at radius 3 is 2.64 bits per heavy atom. The summed E-state index contributed by atoms with van der Waals surface area (Å²) in [6.45, 7) is 0.625. The van der Waals surface area contributed by atoms with E-state index in [0.29, 0.717) is 36.5 Å². The lowest BCUT2D eigenvalue weighted by Crippen LogP contribution is -2.40. The van der Waals surface area contributed by atoms with Gasteiger partial charge in [-0.1, -0.05) is 12.1 Å². The van der Waals surface area contributed by atoms with Crippen molar-refractivity contribution in [2.75, 3.05) is 24.6 Å². The number of amides is 2. The van der Waals surface area contributed by atoms with E-state index < -0.39 is 17.5 Å². The Kier molecular flexibility index (Phi) is 6.08. The number of hydrogen-bond donors (Lipinski definition) is 2. The van der Waals surface area contributed by atoms with Gasteiger partial charge in [-0.15, -0.1) is 0 Å². The molecule has 2 aromatic carbocycles. The Hall–Kier alpha value is -3.16. The van der Waals surface area contributed by atoms with Gasteiger partial charge in [0.15, 0.2) is 6.61 Å². The van der Waals surface area contributed by atoms with Crippen LogP contribution in [0, 0.1) is 11.6 Å². The number of carbonyl (C=O) groups excluding carboxylic acids is 2. The van der Waals surface area contributed by atoms with Crippen molar-refractivity contribution in [3.8, 4) is 5.75 Å². The molecule has 0 spiro atoms. The summed E-state index contributed by atoms with van der Waals surface area (Å²) in [6, 6.07) is 9.04. The number of aryl methyl sites for hydroxylation is 1. The smallest absolute Gasteiger partial charge is 0.255 e. The van der Waals surface area contributed by atoms with Gasteiger partial charge in [0.1, 0.15) is 17.4 Å². The Morgan fingerprint density at radius 1 is 1.18 bits per heavy atom. The van der Waals surface area contributed by atoms with Crippen molar-refractivity contribution in [3.05, 3.63) is 59.2 Å². The van der Waals surface area contributed by atoms with E-state index in [9.17, 15) is 18.4 Å². The molecule has 0 saturated heterocycles. The molecule has 8 heteroatoms. The Morgan fingerprint density at radius 2 is 1.93 bits per heavy atom. The fourth-order valence-corrected chi connectivity index (χ4v) is 3.18. The number of primary amides is 1. The predicted molar refractivity (Wildman–Crippen MR) is 99.9 cm³/mol. The van der Waals surface area contributed by atoms with Crippen molar-refractivity contribution in [2.45, 2.75) is 19.4 Å². The number of nitrogens with zero attached hydrogens (tertiary/aromatic N) is 1. The highest BCUT2D eigenvalue weighted by Gasteiger charge is 2.23. The molecule has 28 heavy (non-hydrogen) atoms. The maximum atomic E-state index is 14.2. The molecule has 6 nitrogen and oxygen atoms in total. The summed E-state index contributed by atoms with van der Waals surface area (Å²) in [5, 5.41) is 2.79. The molecule has 3 N–H and O–H groups in total. The molecule has 0 aromatic heterocycles. The zero-order valence-corrected chi connectivity index (χ0v) is 15.2. The second-order valence-corrected chi connectivity index (χ2v) is 6.60. The number of carbonyl (C=O) groups is 2. The van der Waals surface area contributed by atoms with E-state index in [1.807, 2.05) is 0 Å². The summed E-state index contributed by atoms with van der Waals surface area (Å²) < 4.78 is 32.8. The molecule has 0 unspecified atom stereocenters. The Balaban J connectivity index is 1.55. The highest BCUT2D eigenvalue weighted by Crippen LogP contribution is 2.30. The molecule has 3 rings (SSSR count). The summed E-state index contributed by atoms with van der Waals surface area (Å²) in [5.41, 5.74) is 6.75. The number of benzene rings is 2. The fraction of sp³-hybridized carbons (Fsp3) is 0.300. The highest BCUT2D eigenvalue weighted by molar-refractivity contribution is 5.82. The molecule has 0 atom stereocenters. The normalized spacial score (nSPS) is 13.0. The van der Waals surface area contributed by atoms with E-state index in [4.69, 9.17) is 10.5 Å². The zero-order valence-electron chi connectivity index (χ0n) is 15.2. The van der Waals surface area contributed by atoms with Crippen molar-refractivity contribution < 1.29 is 23.1 Å². The largest absolute Gasteiger partial charge is 0.484 e. The van der Waals surface area contributed by atoms with Gasteiger partial charge < -0.3 is 20.7 Å². The van der Waals surface area contributed by atoms with Gasteiger partial charge in [-0.3, -0.25) is 9.59 Å². The minimum absolute atomic E-state index is 0.00460. The molecular weight excluding hydrogens is 368 g/mol. The molecule has 1 aliphatic heterocycles. The van der Waals surface area contributed by atoms with Crippen LogP contribution in [0.4, 0.5) is 14.5 Å². The molecule has 0 saturated carbocycles. The number of hydrogen-bond acceptors (Lipinski definition) is 4. The standard InChI is InChI=1S/C20H21F2N3O3/c21-15-8-14-2-1-7-25(20(14)17(22)9-15)11-19(27)24-10-13-3-5-16(6-4-13)28-12-18(23)26/h3-6,8-9H,1-2,7,10-12H2,(H2,23,26)(H,24,27). The molecule has 2 amide bonds. The average Bonchev–Trinajstić information content (AvgIpc) is 2.65. The van der Waals surface area contributed by atoms with Crippen LogP contribution in [0.3, 0.4) is 0 Å². The van der Waals surface area contributed by atoms with E-state index >= 15 is 0 Å². The number of rotatable bonds is 7. The minimum Gasteiger partial charge on any atom is -0.484 e. The third kappa shape index (κ3) is 4.97. The summed E-state index contributed by atoms with van der Waals surface area (Å²) >= 11 is 0. The molecular formula is C20H21F2N3O3. The average molecular weight is 389 g/mol. The number of nitrogens with one attached hydrogen (secondary N) is 1. The van der Waals surface area contributed by atoms with Crippen LogP contribution in [-0.2, 0) is 22.6 Å². The molecule has 2 aromatic rings. The van der Waals surface area contributed by atoms with Crippen molar-refractivity contribution >= 4 is 17.5 Å². The van der Waals surface area contributed by atoms with Crippen LogP contribution in [0.1, 0.15) is 17.5 Å². The molecule has 0 aliphatic carbocycles. The van der Waals surface area contributed by atoms with Crippen molar-refractivity contribution in [2.24, 2.45) is 5.73 Å². The molecule has 0 radical (unpaired) electrons. The molecule has 0 bridgehead atoms. The Bertz CT molecular complexity index is 872. The fourth-order valence-electron chi connectivity index (χ4n) is 3.18. The van der Waals surface area contributed by atoms with Crippen LogP contribution in [0.2, 0.25) is 0 Å². The van der Waals surface area contributed by atoms with Gasteiger partial charge in [0, 0.05) is 19.2 Å². The lowest BCUT2D eigenvalue weighted by atomic mass is 10.0. The van der Waals surface area contributed by atoms with Crippen LogP contribution in [0.25, 0.3) is 0 Å². The number of fused-ring (bicyclic) bond motifs is 1. The van der Waals surface area contributed by atoms with E-state index in [-0.39, 0.29) is 19.1 Å². The first kappa shape index (κ1) is 19.6. The quantitative estimate of drug-likeness (QED) is 0.758. The zero-order chi connectivity index (χ0) is 20.1. The summed E-state index contributed by atoms with van der Waals surface area (Å²) in [7, 11) is 0. The van der Waals surface area contributed by atoms with Gasteiger partial charge in [0.2, 0.25) is 5.91 Å². The van der Waals surface area contributed by atoms with Crippen LogP contribution in [-0.4, -0.2) is 31.5 Å². The van der Waals surface area contributed by atoms with Crippen molar-refractivity contribution in [3.63, 3.8) is 0 Å². The molecule has 0 fully saturated rings. The van der Waals surface area contributed by atoms with Gasteiger partial charge in [-0.2, -0.15) is 0 Å². The van der Waals surface area contributed by atoms with Gasteiger partial charge in [0.25, 0.3) is 5.91 Å². The second kappa shape index (κ2) is 8.69. The number of halogens is 2. The second-order valence-electron chi connectivity index (χ2n) is 6.60. The first-order valence-corrected chi connectivity index (χ1v) is 8.92. The first-order valence-electron chi connectivity index (χ1n) is 8.92. The number of nitrogens with two attached hydrogens (primary N) is 1. The van der Waals surface area contributed by atoms with Crippen LogP contribution >= 0.6 is 0 Å². The third-order valence-corrected chi connectivity index (χ3v) is 4.43. The van der Waals surface area contributed by atoms with Gasteiger partial charge in [0.05, 0.1) is 12.2 Å². The highest BCUT2D eigenvalue weighted by atomic mass is 19.1. The van der Waals surface area contributed by atoms with E-state index in [1.54, 1.807) is 29.2 Å². The number of anilines is 1. The maximum absolute atomic E-state index is 14.2. The third-order valence-electron chi connectivity index (χ3n) is 4.43. The monoisotopic (exact) mass is 389 g/mol. The molecule has 1 aliphatic rings. The van der Waals surface area contributed by atoms with E-state index in [2.05, 4.69) is 5.32 Å². The molecule has 1 heterocycles. The van der Waals surface area contributed by atoms with Crippen LogP contribution in [0.5, 0.6) is 5.75 Å². The summed E-state index contributed by atoms with van der Waals surface area (Å²) in [5.74, 6) is -1.57. The Labute approximate surface area is 161 Å². The molecule has 148 valence electrons.